The van der Waals surface area contributed by atoms with Crippen LogP contribution in [0.2, 0.25) is 0 Å². The van der Waals surface area contributed by atoms with Crippen molar-refractivity contribution in [2.45, 2.75) is 125 Å². The fraction of sp³-hybridized carbons (Fsp3) is 0.286. The molecule has 12 nitrogen and oxygen atoms in total. The Balaban J connectivity index is 0.000000263. The first kappa shape index (κ1) is 81.2. The van der Waals surface area contributed by atoms with Gasteiger partial charge >= 0.3 is 81.7 Å². The second-order valence-electron chi connectivity index (χ2n) is 29.3. The first-order valence-electron chi connectivity index (χ1n) is 32.8. The number of para-hydroxylation sites is 12. The van der Waals surface area contributed by atoms with Crippen molar-refractivity contribution in [1.82, 2.24) is 0 Å². The molecule has 9 aromatic carbocycles. The van der Waals surface area contributed by atoms with Gasteiger partial charge in [0.1, 0.15) is 0 Å². The van der Waals surface area contributed by atoms with Crippen LogP contribution in [0.5, 0.6) is 0 Å². The molecule has 0 heterocycles. The van der Waals surface area contributed by atoms with E-state index in [-0.39, 0.29) is 114 Å². The average molecular weight is 1560 g/mol. The molecule has 98 heavy (non-hydrogen) atoms. The molecule has 9 aromatic rings. The van der Waals surface area contributed by atoms with Crippen molar-refractivity contribution in [2.24, 2.45) is 62.4 Å². The van der Waals surface area contributed by atoms with Crippen molar-refractivity contribution in [3.8, 4) is 0 Å². The minimum absolute atomic E-state index is 0. The predicted molar refractivity (Wildman–Crippen MR) is 415 cm³/mol. The quantitative estimate of drug-likeness (QED) is 0.0843. The Kier molecular flexibility index (Phi) is 31.2. The largest absolute Gasteiger partial charge is 3.00 e. The first-order chi connectivity index (χ1) is 45.4. The molecular weight excluding hydrogens is 1470 g/mol. The number of nitrogens with zero attached hydrogens (tertiary/aromatic N) is 12. The van der Waals surface area contributed by atoms with Gasteiger partial charge in [0.25, 0.3) is 0 Å². The number of aliphatic imine (C=N–C) groups is 6. The van der Waals surface area contributed by atoms with Crippen LogP contribution in [0, 0.1) is 114 Å². The van der Waals surface area contributed by atoms with Crippen LogP contribution in [-0.4, -0.2) is 35.0 Å². The Morgan fingerprint density at radius 2 is 0.367 bits per heavy atom. The maximum absolute atomic E-state index is 4.97. The smallest absolute Gasteiger partial charge is 0.439 e. The van der Waals surface area contributed by atoms with Crippen molar-refractivity contribution in [3.63, 3.8) is 0 Å². The molecule has 0 bridgehead atoms. The molecule has 0 N–H and O–H groups in total. The summed E-state index contributed by atoms with van der Waals surface area (Å²) >= 11 is 0. The monoisotopic (exact) mass is 1560 g/mol. The third-order valence-corrected chi connectivity index (χ3v) is 14.0. The third kappa shape index (κ3) is 27.3. The zero-order chi connectivity index (χ0) is 69.6. The summed E-state index contributed by atoms with van der Waals surface area (Å²) in [5.41, 5.74) is 8.62. The fourth-order valence-corrected chi connectivity index (χ4v) is 8.56. The van der Waals surface area contributed by atoms with Crippen molar-refractivity contribution >= 4 is 103 Å². The Labute approximate surface area is 652 Å². The summed E-state index contributed by atoms with van der Waals surface area (Å²) in [6.07, 6.45) is 0. The Bertz CT molecular complexity index is 3720. The molecule has 0 fully saturated rings. The van der Waals surface area contributed by atoms with Gasteiger partial charge in [-0.2, -0.15) is 0 Å². The molecular formula is C84H96N12Nd2. The second kappa shape index (κ2) is 37.6. The van der Waals surface area contributed by atoms with E-state index in [4.69, 9.17) is 61.9 Å². The Morgan fingerprint density at radius 1 is 0.194 bits per heavy atom. The number of hydrogen-bond donors (Lipinski definition) is 0. The maximum Gasteiger partial charge on any atom is 3.00 e. The number of hydrogen-bond acceptors (Lipinski definition) is 6. The SMILES string of the molecule is CC(C)(C)C(=Nc1ccccc1N=C([N-]c1ccccc1)C(C)(C)C)[N-]c1ccccc1.CC(C)(C)C(=Nc1ccccc1N=C([N-]c1ccccc1)C(C)(C)C)[N-]c1ccccc1.CC(C)(C)C(=Nc1ccccc1[N-]C(=Nc1ccccc1)C(C)(C)C)[N-]c1ccccc1.[Nd+3].[Nd+3]. The van der Waals surface area contributed by atoms with Gasteiger partial charge in [0.15, 0.2) is 0 Å². The van der Waals surface area contributed by atoms with Gasteiger partial charge in [-0.25, -0.2) is 0 Å². The van der Waals surface area contributed by atoms with Crippen molar-refractivity contribution in [1.29, 1.82) is 0 Å². The molecule has 9 rings (SSSR count). The summed E-state index contributed by atoms with van der Waals surface area (Å²) in [5.74, 6) is 4.52. The van der Waals surface area contributed by atoms with Gasteiger partial charge in [0, 0.05) is 0 Å². The summed E-state index contributed by atoms with van der Waals surface area (Å²) in [4.78, 5) is 29.7. The van der Waals surface area contributed by atoms with E-state index in [1.165, 1.54) is 0 Å². The van der Waals surface area contributed by atoms with Crippen molar-refractivity contribution in [2.75, 3.05) is 0 Å². The maximum atomic E-state index is 4.97. The van der Waals surface area contributed by atoms with Gasteiger partial charge in [-0.1, -0.05) is 414 Å². The minimum Gasteiger partial charge on any atom is -0.439 e. The van der Waals surface area contributed by atoms with Crippen molar-refractivity contribution < 1.29 is 81.7 Å². The van der Waals surface area contributed by atoms with Gasteiger partial charge < -0.3 is 61.9 Å². The van der Waals surface area contributed by atoms with E-state index in [2.05, 4.69) is 125 Å². The molecule has 0 atom stereocenters. The number of rotatable bonds is 12. The van der Waals surface area contributed by atoms with Crippen LogP contribution >= 0.6 is 0 Å². The predicted octanol–water partition coefficient (Wildman–Crippen LogP) is 27.7. The second-order valence-corrected chi connectivity index (χ2v) is 29.3. The summed E-state index contributed by atoms with van der Waals surface area (Å²) in [5, 5.41) is 29.2. The van der Waals surface area contributed by atoms with E-state index in [0.29, 0.717) is 0 Å². The van der Waals surface area contributed by atoms with Gasteiger partial charge in [0.05, 0.1) is 0 Å². The van der Waals surface area contributed by atoms with Crippen LogP contribution in [0.15, 0.2) is 285 Å². The summed E-state index contributed by atoms with van der Waals surface area (Å²) in [6.45, 7) is 38.2. The van der Waals surface area contributed by atoms with Gasteiger partial charge in [0.2, 0.25) is 0 Å². The molecule has 14 heteroatoms. The van der Waals surface area contributed by atoms with E-state index in [1.807, 2.05) is 255 Å². The van der Waals surface area contributed by atoms with E-state index in [9.17, 15) is 0 Å². The molecule has 2 radical (unpaired) electrons. The van der Waals surface area contributed by atoms with Crippen LogP contribution < -0.4 is 0 Å². The molecule has 0 saturated heterocycles. The zero-order valence-electron chi connectivity index (χ0n) is 60.6. The molecule has 0 aliphatic carbocycles. The molecule has 0 spiro atoms. The standard InChI is InChI=1S/3C28H32N4.2Nd/c3*1-27(2,3)25(29-21-15-9-7-10-16-21)31-23-19-13-14-20-24(23)32-26(28(4,5)6)30-22-17-11-8-12-18-22;;/h3*7-20H,1-6H3;;/q3*-2;2*+3. The molecule has 0 unspecified atom stereocenters. The molecule has 500 valence electrons. The van der Waals surface area contributed by atoms with Gasteiger partial charge in [-0.05, 0) is 101 Å². The first-order valence-corrected chi connectivity index (χ1v) is 32.8. The van der Waals surface area contributed by atoms with Crippen LogP contribution in [-0.2, 0) is 0 Å². The number of benzene rings is 9. The van der Waals surface area contributed by atoms with Crippen LogP contribution in [0.1, 0.15) is 125 Å². The Hall–Kier alpha value is -7.50. The molecule has 0 aliphatic rings. The fourth-order valence-electron chi connectivity index (χ4n) is 8.56. The van der Waals surface area contributed by atoms with E-state index >= 15 is 0 Å². The normalized spacial score (nSPS) is 12.8. The number of amidine groups is 6. The van der Waals surface area contributed by atoms with Gasteiger partial charge in [-0.15, -0.1) is 0 Å². The van der Waals surface area contributed by atoms with Crippen LogP contribution in [0.25, 0.3) is 31.9 Å². The topological polar surface area (TPSA) is 159 Å². The summed E-state index contributed by atoms with van der Waals surface area (Å²) < 4.78 is 0. The molecule has 0 amide bonds. The third-order valence-electron chi connectivity index (χ3n) is 14.0. The summed E-state index contributed by atoms with van der Waals surface area (Å²) in [6, 6.07) is 83.3. The zero-order valence-corrected chi connectivity index (χ0v) is 67.0. The summed E-state index contributed by atoms with van der Waals surface area (Å²) in [7, 11) is 0. The molecule has 0 aliphatic heterocycles. The average Bonchev–Trinajstić information content (AvgIpc) is 0.852. The van der Waals surface area contributed by atoms with Crippen LogP contribution in [0.4, 0.5) is 68.2 Å². The van der Waals surface area contributed by atoms with E-state index in [1.54, 1.807) is 0 Å². The van der Waals surface area contributed by atoms with Crippen LogP contribution in [0.3, 0.4) is 0 Å². The van der Waals surface area contributed by atoms with E-state index in [0.717, 1.165) is 103 Å². The van der Waals surface area contributed by atoms with E-state index < -0.39 is 0 Å². The molecule has 0 aromatic heterocycles. The Morgan fingerprint density at radius 3 is 0.592 bits per heavy atom. The minimum atomic E-state index is -0.228. The van der Waals surface area contributed by atoms with Gasteiger partial charge in [-0.3, -0.25) is 0 Å². The molecule has 0 saturated carbocycles. The van der Waals surface area contributed by atoms with Crippen molar-refractivity contribution in [3.05, 3.63) is 287 Å².